The average molecular weight is 198 g/mol. The van der Waals surface area contributed by atoms with E-state index in [0.29, 0.717) is 39.1 Å². The van der Waals surface area contributed by atoms with Gasteiger partial charge in [0.05, 0.1) is 13.2 Å². The van der Waals surface area contributed by atoms with Crippen LogP contribution in [-0.4, -0.2) is 43.0 Å². The summed E-state index contributed by atoms with van der Waals surface area (Å²) in [6.07, 6.45) is 1.22. The van der Waals surface area contributed by atoms with Crippen LogP contribution >= 0.6 is 0 Å². The van der Waals surface area contributed by atoms with Gasteiger partial charge in [0.2, 0.25) is 11.8 Å². The molecule has 0 spiro atoms. The summed E-state index contributed by atoms with van der Waals surface area (Å²) in [7, 11) is 0. The summed E-state index contributed by atoms with van der Waals surface area (Å²) in [5.41, 5.74) is 4.36. The van der Waals surface area contributed by atoms with E-state index >= 15 is 0 Å². The van der Waals surface area contributed by atoms with Gasteiger partial charge in [-0.15, -0.1) is 0 Å². The molecule has 1 aliphatic carbocycles. The van der Waals surface area contributed by atoms with Crippen LogP contribution in [0.25, 0.3) is 0 Å². The number of nitrogens with two attached hydrogens (primary N) is 1. The maximum absolute atomic E-state index is 11.9. The first-order chi connectivity index (χ1) is 6.67. The molecule has 2 fully saturated rings. The molecule has 0 bridgehead atoms. The molecule has 14 heavy (non-hydrogen) atoms. The molecule has 2 aliphatic rings. The SMILES string of the molecule is NC(=O)C1(C(=O)N2CCOCC2)CC1. The first-order valence-corrected chi connectivity index (χ1v) is 4.84. The van der Waals surface area contributed by atoms with Gasteiger partial charge in [0.15, 0.2) is 0 Å². The number of amides is 2. The highest BCUT2D eigenvalue weighted by atomic mass is 16.5. The van der Waals surface area contributed by atoms with E-state index in [2.05, 4.69) is 0 Å². The number of hydrogen-bond acceptors (Lipinski definition) is 3. The zero-order valence-electron chi connectivity index (χ0n) is 7.99. The summed E-state index contributed by atoms with van der Waals surface area (Å²) >= 11 is 0. The molecular weight excluding hydrogens is 184 g/mol. The molecule has 0 aromatic carbocycles. The number of primary amides is 1. The van der Waals surface area contributed by atoms with Crippen LogP contribution in [0.1, 0.15) is 12.8 Å². The fourth-order valence-electron chi connectivity index (χ4n) is 1.76. The van der Waals surface area contributed by atoms with E-state index in [-0.39, 0.29) is 5.91 Å². The van der Waals surface area contributed by atoms with Gasteiger partial charge in [-0.3, -0.25) is 9.59 Å². The van der Waals surface area contributed by atoms with Crippen molar-refractivity contribution >= 4 is 11.8 Å². The van der Waals surface area contributed by atoms with Crippen molar-refractivity contribution in [3.63, 3.8) is 0 Å². The van der Waals surface area contributed by atoms with Crippen LogP contribution in [0.15, 0.2) is 0 Å². The van der Waals surface area contributed by atoms with Crippen LogP contribution < -0.4 is 5.73 Å². The maximum atomic E-state index is 11.9. The Morgan fingerprint density at radius 3 is 2.21 bits per heavy atom. The Labute approximate surface area is 82.2 Å². The zero-order valence-corrected chi connectivity index (χ0v) is 7.99. The predicted octanol–water partition coefficient (Wildman–Crippen LogP) is -0.889. The Bertz CT molecular complexity index is 267. The Morgan fingerprint density at radius 2 is 1.79 bits per heavy atom. The largest absolute Gasteiger partial charge is 0.378 e. The maximum Gasteiger partial charge on any atom is 0.238 e. The fourth-order valence-corrected chi connectivity index (χ4v) is 1.76. The van der Waals surface area contributed by atoms with Crippen LogP contribution in [0.3, 0.4) is 0 Å². The highest BCUT2D eigenvalue weighted by Gasteiger charge is 2.56. The lowest BCUT2D eigenvalue weighted by Gasteiger charge is -2.29. The van der Waals surface area contributed by atoms with E-state index in [1.165, 1.54) is 0 Å². The summed E-state index contributed by atoms with van der Waals surface area (Å²) in [4.78, 5) is 24.7. The van der Waals surface area contributed by atoms with Gasteiger partial charge in [0, 0.05) is 13.1 Å². The van der Waals surface area contributed by atoms with Crippen molar-refractivity contribution in [3.05, 3.63) is 0 Å². The highest BCUT2D eigenvalue weighted by Crippen LogP contribution is 2.46. The second kappa shape index (κ2) is 3.24. The van der Waals surface area contributed by atoms with Crippen molar-refractivity contribution in [2.45, 2.75) is 12.8 Å². The molecule has 5 heteroatoms. The van der Waals surface area contributed by atoms with Gasteiger partial charge in [-0.2, -0.15) is 0 Å². The lowest BCUT2D eigenvalue weighted by Crippen LogP contribution is -2.48. The molecule has 1 saturated carbocycles. The van der Waals surface area contributed by atoms with Crippen molar-refractivity contribution in [2.75, 3.05) is 26.3 Å². The molecular formula is C9H14N2O3. The number of hydrogen-bond donors (Lipinski definition) is 1. The van der Waals surface area contributed by atoms with E-state index in [9.17, 15) is 9.59 Å². The van der Waals surface area contributed by atoms with Crippen molar-refractivity contribution in [3.8, 4) is 0 Å². The number of carbonyl (C=O) groups is 2. The standard InChI is InChI=1S/C9H14N2O3/c10-7(12)9(1-2-9)8(13)11-3-5-14-6-4-11/h1-6H2,(H2,10,12). The molecule has 1 aliphatic heterocycles. The first kappa shape index (κ1) is 9.45. The molecule has 2 rings (SSSR count). The minimum absolute atomic E-state index is 0.103. The van der Waals surface area contributed by atoms with Crippen LogP contribution in [0.5, 0.6) is 0 Å². The van der Waals surface area contributed by atoms with E-state index in [0.717, 1.165) is 0 Å². The van der Waals surface area contributed by atoms with Crippen LogP contribution in [-0.2, 0) is 14.3 Å². The summed E-state index contributed by atoms with van der Waals surface area (Å²) in [6.45, 7) is 2.27. The van der Waals surface area contributed by atoms with Gasteiger partial charge in [0.25, 0.3) is 0 Å². The Morgan fingerprint density at radius 1 is 1.21 bits per heavy atom. The molecule has 0 aromatic rings. The number of ether oxygens (including phenoxy) is 1. The van der Waals surface area contributed by atoms with Gasteiger partial charge in [-0.25, -0.2) is 0 Å². The van der Waals surface area contributed by atoms with Gasteiger partial charge in [0.1, 0.15) is 5.41 Å². The first-order valence-electron chi connectivity index (χ1n) is 4.84. The average Bonchev–Trinajstić information content (AvgIpc) is 2.99. The summed E-state index contributed by atoms with van der Waals surface area (Å²) in [6, 6.07) is 0. The lowest BCUT2D eigenvalue weighted by molar-refractivity contribution is -0.146. The quantitative estimate of drug-likeness (QED) is 0.585. The van der Waals surface area contributed by atoms with Crippen molar-refractivity contribution in [2.24, 2.45) is 11.1 Å². The molecule has 0 aromatic heterocycles. The monoisotopic (exact) mass is 198 g/mol. The van der Waals surface area contributed by atoms with Crippen LogP contribution in [0.4, 0.5) is 0 Å². The Hall–Kier alpha value is -1.10. The zero-order chi connectivity index (χ0) is 10.2. The summed E-state index contributed by atoms with van der Waals surface area (Å²) in [5, 5.41) is 0. The molecule has 78 valence electrons. The molecule has 1 heterocycles. The number of carbonyl (C=O) groups excluding carboxylic acids is 2. The van der Waals surface area contributed by atoms with E-state index in [4.69, 9.17) is 10.5 Å². The number of nitrogens with zero attached hydrogens (tertiary/aromatic N) is 1. The smallest absolute Gasteiger partial charge is 0.238 e. The normalized spacial score (nSPS) is 24.4. The molecule has 0 radical (unpaired) electrons. The van der Waals surface area contributed by atoms with E-state index in [1.807, 2.05) is 0 Å². The third-order valence-electron chi connectivity index (χ3n) is 2.93. The summed E-state index contributed by atoms with van der Waals surface area (Å²) < 4.78 is 5.13. The third kappa shape index (κ3) is 1.37. The second-order valence-electron chi connectivity index (χ2n) is 3.85. The van der Waals surface area contributed by atoms with E-state index < -0.39 is 11.3 Å². The molecule has 0 unspecified atom stereocenters. The fraction of sp³-hybridized carbons (Fsp3) is 0.778. The van der Waals surface area contributed by atoms with Gasteiger partial charge in [-0.05, 0) is 12.8 Å². The minimum atomic E-state index is -0.864. The van der Waals surface area contributed by atoms with Crippen LogP contribution in [0.2, 0.25) is 0 Å². The van der Waals surface area contributed by atoms with E-state index in [1.54, 1.807) is 4.90 Å². The predicted molar refractivity (Wildman–Crippen MR) is 48.3 cm³/mol. The van der Waals surface area contributed by atoms with Gasteiger partial charge in [-0.1, -0.05) is 0 Å². The molecule has 5 nitrogen and oxygen atoms in total. The van der Waals surface area contributed by atoms with Gasteiger partial charge < -0.3 is 15.4 Å². The van der Waals surface area contributed by atoms with Crippen molar-refractivity contribution in [1.29, 1.82) is 0 Å². The second-order valence-corrected chi connectivity index (χ2v) is 3.85. The number of morpholine rings is 1. The van der Waals surface area contributed by atoms with Crippen LogP contribution in [0, 0.1) is 5.41 Å². The third-order valence-corrected chi connectivity index (χ3v) is 2.93. The topological polar surface area (TPSA) is 72.6 Å². The van der Waals surface area contributed by atoms with Crippen molar-refractivity contribution in [1.82, 2.24) is 4.90 Å². The molecule has 2 amide bonds. The molecule has 0 atom stereocenters. The minimum Gasteiger partial charge on any atom is -0.378 e. The molecule has 2 N–H and O–H groups in total. The lowest BCUT2D eigenvalue weighted by atomic mass is 10.0. The number of rotatable bonds is 2. The summed E-state index contributed by atoms with van der Waals surface area (Å²) in [5.74, 6) is -0.581. The Kier molecular flexibility index (Phi) is 2.19. The van der Waals surface area contributed by atoms with Crippen molar-refractivity contribution < 1.29 is 14.3 Å². The Balaban J connectivity index is 2.04. The highest BCUT2D eigenvalue weighted by molar-refractivity contribution is 6.07. The molecule has 1 saturated heterocycles. The van der Waals surface area contributed by atoms with Gasteiger partial charge >= 0.3 is 0 Å².